The smallest absolute Gasteiger partial charge is 0.270 e. The summed E-state index contributed by atoms with van der Waals surface area (Å²) < 4.78 is 11.4. The fourth-order valence-corrected chi connectivity index (χ4v) is 2.64. The van der Waals surface area contributed by atoms with Crippen LogP contribution in [0.4, 0.5) is 11.4 Å². The first kappa shape index (κ1) is 18.0. The molecule has 0 saturated heterocycles. The van der Waals surface area contributed by atoms with Gasteiger partial charge in [0.1, 0.15) is 6.21 Å². The van der Waals surface area contributed by atoms with Crippen molar-refractivity contribution in [2.75, 3.05) is 24.0 Å². The molecule has 8 nitrogen and oxygen atoms in total. The second-order valence-corrected chi connectivity index (χ2v) is 6.37. The van der Waals surface area contributed by atoms with Crippen LogP contribution in [0.5, 0.6) is 11.5 Å². The topological polar surface area (TPSA) is 98.2 Å². The molecular formula is C17H14IN3O5. The average Bonchev–Trinajstić information content (AvgIpc) is 3.06. The number of oxime groups is 1. The van der Waals surface area contributed by atoms with Gasteiger partial charge >= 0.3 is 0 Å². The summed E-state index contributed by atoms with van der Waals surface area (Å²) in [4.78, 5) is 28.3. The van der Waals surface area contributed by atoms with Gasteiger partial charge in [0.25, 0.3) is 11.8 Å². The van der Waals surface area contributed by atoms with Crippen LogP contribution >= 0.6 is 22.6 Å². The van der Waals surface area contributed by atoms with E-state index in [9.17, 15) is 9.59 Å². The van der Waals surface area contributed by atoms with Gasteiger partial charge in [0.2, 0.25) is 6.79 Å². The molecule has 0 atom stereocenters. The zero-order valence-corrected chi connectivity index (χ0v) is 15.6. The number of ether oxygens (including phenoxy) is 2. The van der Waals surface area contributed by atoms with Gasteiger partial charge in [0.15, 0.2) is 18.1 Å². The molecule has 1 aliphatic rings. The number of amides is 2. The molecule has 0 aromatic heterocycles. The molecule has 3 rings (SSSR count). The summed E-state index contributed by atoms with van der Waals surface area (Å²) in [5.74, 6) is 0.310. The number of nitrogens with zero attached hydrogens (tertiary/aromatic N) is 1. The highest BCUT2D eigenvalue weighted by atomic mass is 127. The average molecular weight is 467 g/mol. The molecule has 0 spiro atoms. The third-order valence-corrected chi connectivity index (χ3v) is 3.86. The second kappa shape index (κ2) is 8.52. The van der Waals surface area contributed by atoms with Crippen LogP contribution in [0, 0.1) is 3.57 Å². The number of carbonyl (C=O) groups is 2. The van der Waals surface area contributed by atoms with Crippen LogP contribution in [0.25, 0.3) is 0 Å². The van der Waals surface area contributed by atoms with E-state index in [-0.39, 0.29) is 19.3 Å². The van der Waals surface area contributed by atoms with Crippen LogP contribution < -0.4 is 20.1 Å². The van der Waals surface area contributed by atoms with E-state index in [1.165, 1.54) is 0 Å². The number of rotatable bonds is 6. The molecule has 2 aromatic rings. The summed E-state index contributed by atoms with van der Waals surface area (Å²) in [7, 11) is 0. The molecule has 2 aromatic carbocycles. The molecule has 26 heavy (non-hydrogen) atoms. The molecule has 0 fully saturated rings. The molecule has 0 bridgehead atoms. The van der Waals surface area contributed by atoms with Gasteiger partial charge in [-0.15, -0.1) is 0 Å². The fourth-order valence-electron chi connectivity index (χ4n) is 2.09. The number of benzene rings is 2. The molecule has 134 valence electrons. The van der Waals surface area contributed by atoms with Crippen LogP contribution in [0.3, 0.4) is 0 Å². The minimum Gasteiger partial charge on any atom is -0.454 e. The van der Waals surface area contributed by atoms with Gasteiger partial charge in [-0.25, -0.2) is 0 Å². The third-order valence-electron chi connectivity index (χ3n) is 3.19. The Bertz CT molecular complexity index is 856. The Morgan fingerprint density at radius 3 is 2.77 bits per heavy atom. The van der Waals surface area contributed by atoms with Crippen molar-refractivity contribution in [2.45, 2.75) is 0 Å². The van der Waals surface area contributed by atoms with Crippen molar-refractivity contribution in [3.05, 3.63) is 46.0 Å². The minimum absolute atomic E-state index is 0.159. The normalized spacial score (nSPS) is 12.0. The first-order valence-corrected chi connectivity index (χ1v) is 8.59. The van der Waals surface area contributed by atoms with Gasteiger partial charge in [-0.05, 0) is 52.9 Å². The lowest BCUT2D eigenvalue weighted by molar-refractivity contribution is -0.120. The first-order valence-electron chi connectivity index (χ1n) is 7.51. The Morgan fingerprint density at radius 2 is 1.92 bits per heavy atom. The maximum Gasteiger partial charge on any atom is 0.270 e. The van der Waals surface area contributed by atoms with E-state index in [4.69, 9.17) is 14.3 Å². The summed E-state index contributed by atoms with van der Waals surface area (Å²) in [6.45, 7) is -0.147. The minimum atomic E-state index is -0.498. The number of fused-ring (bicyclic) bond motifs is 1. The number of carbonyl (C=O) groups excluding carboxylic acids is 2. The van der Waals surface area contributed by atoms with Crippen LogP contribution in [-0.2, 0) is 14.4 Å². The molecule has 0 radical (unpaired) electrons. The Hall–Kier alpha value is -2.82. The van der Waals surface area contributed by atoms with E-state index < -0.39 is 5.91 Å². The summed E-state index contributed by atoms with van der Waals surface area (Å²) in [6, 6.07) is 12.3. The lowest BCUT2D eigenvalue weighted by Crippen LogP contribution is -2.18. The SMILES string of the molecule is O=C(C=NOCC(=O)Nc1cccc(I)c1)Nc1ccc2c(c1)OCO2. The van der Waals surface area contributed by atoms with Gasteiger partial charge in [-0.3, -0.25) is 9.59 Å². The van der Waals surface area contributed by atoms with Gasteiger partial charge in [0, 0.05) is 21.0 Å². The highest BCUT2D eigenvalue weighted by Gasteiger charge is 2.13. The third kappa shape index (κ3) is 5.09. The zero-order valence-electron chi connectivity index (χ0n) is 13.4. The Kier molecular flexibility index (Phi) is 5.89. The van der Waals surface area contributed by atoms with Gasteiger partial charge in [-0.2, -0.15) is 0 Å². The number of halogens is 1. The van der Waals surface area contributed by atoms with Crippen molar-refractivity contribution in [1.82, 2.24) is 0 Å². The standard InChI is InChI=1S/C17H14IN3O5/c18-11-2-1-3-12(6-11)21-17(23)9-26-19-8-16(22)20-13-4-5-14-15(7-13)25-10-24-14/h1-8H,9-10H2,(H,20,22)(H,21,23). The highest BCUT2D eigenvalue weighted by molar-refractivity contribution is 14.1. The summed E-state index contributed by atoms with van der Waals surface area (Å²) in [5, 5.41) is 8.75. The predicted octanol–water partition coefficient (Wildman–Crippen LogP) is 2.60. The van der Waals surface area contributed by atoms with Gasteiger partial charge in [0.05, 0.1) is 0 Å². The van der Waals surface area contributed by atoms with Crippen molar-refractivity contribution >= 4 is 52.0 Å². The number of anilines is 2. The van der Waals surface area contributed by atoms with Crippen molar-refractivity contribution in [2.24, 2.45) is 5.16 Å². The van der Waals surface area contributed by atoms with E-state index in [0.717, 1.165) is 9.78 Å². The monoisotopic (exact) mass is 467 g/mol. The van der Waals surface area contributed by atoms with E-state index in [2.05, 4.69) is 38.4 Å². The van der Waals surface area contributed by atoms with E-state index in [1.807, 2.05) is 18.2 Å². The van der Waals surface area contributed by atoms with Crippen LogP contribution in [-0.4, -0.2) is 31.4 Å². The summed E-state index contributed by atoms with van der Waals surface area (Å²) in [6.07, 6.45) is 0.948. The van der Waals surface area contributed by atoms with Crippen LogP contribution in [0.1, 0.15) is 0 Å². The van der Waals surface area contributed by atoms with E-state index >= 15 is 0 Å². The number of hydrogen-bond acceptors (Lipinski definition) is 6. The van der Waals surface area contributed by atoms with Gasteiger partial charge in [-0.1, -0.05) is 11.2 Å². The van der Waals surface area contributed by atoms with Crippen molar-refractivity contribution in [1.29, 1.82) is 0 Å². The molecule has 2 N–H and O–H groups in total. The molecule has 0 saturated carbocycles. The molecule has 9 heteroatoms. The second-order valence-electron chi connectivity index (χ2n) is 5.12. The van der Waals surface area contributed by atoms with E-state index in [1.54, 1.807) is 24.3 Å². The molecular weight excluding hydrogens is 453 g/mol. The van der Waals surface area contributed by atoms with Crippen molar-refractivity contribution < 1.29 is 23.9 Å². The lowest BCUT2D eigenvalue weighted by atomic mass is 10.3. The van der Waals surface area contributed by atoms with Crippen LogP contribution in [0.2, 0.25) is 0 Å². The molecule has 0 unspecified atom stereocenters. The molecule has 0 aliphatic carbocycles. The highest BCUT2D eigenvalue weighted by Crippen LogP contribution is 2.34. The summed E-state index contributed by atoms with van der Waals surface area (Å²) >= 11 is 2.15. The van der Waals surface area contributed by atoms with Gasteiger partial charge < -0.3 is 24.9 Å². The molecule has 1 heterocycles. The lowest BCUT2D eigenvalue weighted by Gasteiger charge is -2.05. The predicted molar refractivity (Wildman–Crippen MR) is 103 cm³/mol. The maximum absolute atomic E-state index is 11.8. The first-order chi connectivity index (χ1) is 12.6. The zero-order chi connectivity index (χ0) is 18.4. The Labute approximate surface area is 162 Å². The number of nitrogens with one attached hydrogen (secondary N) is 2. The molecule has 1 aliphatic heterocycles. The Morgan fingerprint density at radius 1 is 1.12 bits per heavy atom. The summed E-state index contributed by atoms with van der Waals surface area (Å²) in [5.41, 5.74) is 1.19. The molecule has 2 amide bonds. The van der Waals surface area contributed by atoms with Crippen molar-refractivity contribution in [3.8, 4) is 11.5 Å². The quantitative estimate of drug-likeness (QED) is 0.387. The van der Waals surface area contributed by atoms with Crippen molar-refractivity contribution in [3.63, 3.8) is 0 Å². The fraction of sp³-hybridized carbons (Fsp3) is 0.118. The maximum atomic E-state index is 11.8. The number of hydrogen-bond donors (Lipinski definition) is 2. The van der Waals surface area contributed by atoms with Crippen LogP contribution in [0.15, 0.2) is 47.6 Å². The Balaban J connectivity index is 1.42. The van der Waals surface area contributed by atoms with E-state index in [0.29, 0.717) is 22.9 Å². The largest absolute Gasteiger partial charge is 0.454 e.